The van der Waals surface area contributed by atoms with E-state index in [1.54, 1.807) is 0 Å². The lowest BCUT2D eigenvalue weighted by atomic mass is 9.73. The Bertz CT molecular complexity index is 3900. The average molecular weight is 904 g/mol. The summed E-state index contributed by atoms with van der Waals surface area (Å²) < 4.78 is 0. The fourth-order valence-corrected chi connectivity index (χ4v) is 11.6. The summed E-state index contributed by atoms with van der Waals surface area (Å²) in [7, 11) is 0. The van der Waals surface area contributed by atoms with Gasteiger partial charge < -0.3 is 4.90 Å². The van der Waals surface area contributed by atoms with Crippen LogP contribution in [0.25, 0.3) is 88.3 Å². The number of hydrogen-bond donors (Lipinski definition) is 0. The molecule has 0 radical (unpaired) electrons. The summed E-state index contributed by atoms with van der Waals surface area (Å²) in [5.41, 5.74) is 21.3. The van der Waals surface area contributed by atoms with Gasteiger partial charge >= 0.3 is 0 Å². The zero-order chi connectivity index (χ0) is 47.3. The van der Waals surface area contributed by atoms with Gasteiger partial charge in [0.05, 0.1) is 11.4 Å². The summed E-state index contributed by atoms with van der Waals surface area (Å²) in [6.45, 7) is 2.42. The third-order valence-electron chi connectivity index (χ3n) is 14.9. The first-order chi connectivity index (χ1) is 35.1. The Morgan fingerprint density at radius 1 is 0.282 bits per heavy atom. The molecule has 13 rings (SSSR count). The maximum absolute atomic E-state index is 2.53. The maximum Gasteiger partial charge on any atom is 0.0540 e. The first kappa shape index (κ1) is 42.1. The van der Waals surface area contributed by atoms with Gasteiger partial charge in [0.25, 0.3) is 0 Å². The molecule has 0 amide bonds. The van der Waals surface area contributed by atoms with Gasteiger partial charge in [0, 0.05) is 16.7 Å². The van der Waals surface area contributed by atoms with E-state index in [1.807, 2.05) is 0 Å². The molecule has 12 aromatic rings. The highest BCUT2D eigenvalue weighted by Crippen LogP contribution is 2.58. The minimum absolute atomic E-state index is 0.427. The van der Waals surface area contributed by atoms with Gasteiger partial charge in [0.15, 0.2) is 0 Å². The summed E-state index contributed by atoms with van der Waals surface area (Å²) in [5, 5.41) is 5.00. The first-order valence-corrected chi connectivity index (χ1v) is 24.7. The monoisotopic (exact) mass is 903 g/mol. The van der Waals surface area contributed by atoms with Crippen molar-refractivity contribution in [3.05, 3.63) is 296 Å². The second kappa shape index (κ2) is 17.5. The highest BCUT2D eigenvalue weighted by molar-refractivity contribution is 6.22. The van der Waals surface area contributed by atoms with E-state index in [2.05, 4.69) is 291 Å². The summed E-state index contributed by atoms with van der Waals surface area (Å²) in [6.07, 6.45) is 0. The van der Waals surface area contributed by atoms with Gasteiger partial charge in [-0.3, -0.25) is 0 Å². The highest BCUT2D eigenvalue weighted by Gasteiger charge is 2.43. The van der Waals surface area contributed by atoms with Crippen LogP contribution in [0.15, 0.2) is 279 Å². The zero-order valence-electron chi connectivity index (χ0n) is 39.5. The second-order valence-corrected chi connectivity index (χ2v) is 18.9. The molecule has 0 bridgehead atoms. The maximum atomic E-state index is 2.53. The van der Waals surface area contributed by atoms with Crippen molar-refractivity contribution in [2.24, 2.45) is 0 Å². The standard InChI is InChI=1S/C70H49N/c1-70(55-30-15-6-16-31-55)64-36-20-19-33-59(64)61-35-21-37-66(69(61)70)71(65-45-41-54(48-22-7-2-8-23-48)46-62(65)50-24-9-3-10-25-50)56-42-38-49(39-43-56)53-40-44-58-57-32-17-18-34-60(57)67(51-26-11-4-12-27-51)68(63(58)47-53)52-28-13-5-14-29-52/h2-47H,1H3. The summed E-state index contributed by atoms with van der Waals surface area (Å²) in [5.74, 6) is 0. The first-order valence-electron chi connectivity index (χ1n) is 24.7. The van der Waals surface area contributed by atoms with E-state index in [9.17, 15) is 0 Å². The molecule has 1 aliphatic carbocycles. The molecule has 12 aromatic carbocycles. The minimum atomic E-state index is -0.427. The summed E-state index contributed by atoms with van der Waals surface area (Å²) in [4.78, 5) is 2.53. The van der Waals surface area contributed by atoms with Crippen molar-refractivity contribution in [3.8, 4) is 66.8 Å². The quantitative estimate of drug-likeness (QED) is 0.130. The van der Waals surface area contributed by atoms with Crippen LogP contribution in [0.1, 0.15) is 23.6 Å². The molecule has 1 aliphatic rings. The van der Waals surface area contributed by atoms with Crippen molar-refractivity contribution in [3.63, 3.8) is 0 Å². The Hall–Kier alpha value is -9.04. The summed E-state index contributed by atoms with van der Waals surface area (Å²) >= 11 is 0. The van der Waals surface area contributed by atoms with Crippen LogP contribution in [0.5, 0.6) is 0 Å². The fraction of sp³-hybridized carbons (Fsp3) is 0.0286. The Morgan fingerprint density at radius 2 is 0.761 bits per heavy atom. The predicted octanol–water partition coefficient (Wildman–Crippen LogP) is 19.1. The van der Waals surface area contributed by atoms with Gasteiger partial charge in [-0.2, -0.15) is 0 Å². The molecule has 0 spiro atoms. The third-order valence-corrected chi connectivity index (χ3v) is 14.9. The molecular weight excluding hydrogens is 855 g/mol. The van der Waals surface area contributed by atoms with Crippen molar-refractivity contribution >= 4 is 38.6 Å². The lowest BCUT2D eigenvalue weighted by molar-refractivity contribution is 0.714. The minimum Gasteiger partial charge on any atom is -0.310 e. The molecular formula is C70H49N. The van der Waals surface area contributed by atoms with Gasteiger partial charge in [-0.1, -0.05) is 243 Å². The molecule has 1 heteroatoms. The van der Waals surface area contributed by atoms with Gasteiger partial charge in [-0.25, -0.2) is 0 Å². The van der Waals surface area contributed by atoms with Crippen molar-refractivity contribution < 1.29 is 0 Å². The Morgan fingerprint density at radius 3 is 1.44 bits per heavy atom. The predicted molar refractivity (Wildman–Crippen MR) is 301 cm³/mol. The molecule has 1 atom stereocenters. The highest BCUT2D eigenvalue weighted by atomic mass is 15.1. The Labute approximate surface area is 416 Å². The van der Waals surface area contributed by atoms with Crippen molar-refractivity contribution in [2.75, 3.05) is 4.90 Å². The van der Waals surface area contributed by atoms with Crippen molar-refractivity contribution in [1.82, 2.24) is 0 Å². The molecule has 0 fully saturated rings. The van der Waals surface area contributed by atoms with E-state index in [0.29, 0.717) is 0 Å². The number of nitrogens with zero attached hydrogens (tertiary/aromatic N) is 1. The number of fused-ring (bicyclic) bond motifs is 6. The Balaban J connectivity index is 1.04. The molecule has 1 unspecified atom stereocenters. The van der Waals surface area contributed by atoms with Gasteiger partial charge in [0.2, 0.25) is 0 Å². The molecule has 0 saturated carbocycles. The number of hydrogen-bond acceptors (Lipinski definition) is 1. The van der Waals surface area contributed by atoms with E-state index >= 15 is 0 Å². The SMILES string of the molecule is CC1(c2ccccc2)c2ccccc2-c2cccc(N(c3ccc(-c4ccc5c(c4)c(-c4ccccc4)c(-c4ccccc4)c4ccccc45)cc3)c3ccc(-c4ccccc4)cc3-c3ccccc3)c21. The molecule has 0 saturated heterocycles. The number of anilines is 3. The molecule has 0 N–H and O–H groups in total. The van der Waals surface area contributed by atoms with Crippen LogP contribution >= 0.6 is 0 Å². The topological polar surface area (TPSA) is 3.24 Å². The van der Waals surface area contributed by atoms with Crippen molar-refractivity contribution in [1.29, 1.82) is 0 Å². The van der Waals surface area contributed by atoms with Crippen LogP contribution in [0.3, 0.4) is 0 Å². The lowest BCUT2D eigenvalue weighted by Gasteiger charge is -2.35. The second-order valence-electron chi connectivity index (χ2n) is 18.9. The fourth-order valence-electron chi connectivity index (χ4n) is 11.6. The molecule has 0 aliphatic heterocycles. The summed E-state index contributed by atoms with van der Waals surface area (Å²) in [6, 6.07) is 103. The lowest BCUT2D eigenvalue weighted by Crippen LogP contribution is -2.25. The van der Waals surface area contributed by atoms with Crippen LogP contribution in [-0.2, 0) is 5.41 Å². The van der Waals surface area contributed by atoms with E-state index in [0.717, 1.165) is 33.8 Å². The molecule has 1 nitrogen and oxygen atoms in total. The molecule has 334 valence electrons. The van der Waals surface area contributed by atoms with E-state index in [1.165, 1.54) is 88.3 Å². The average Bonchev–Trinajstić information content (AvgIpc) is 3.72. The van der Waals surface area contributed by atoms with Crippen LogP contribution in [-0.4, -0.2) is 0 Å². The van der Waals surface area contributed by atoms with Gasteiger partial charge in [0.1, 0.15) is 0 Å². The third kappa shape index (κ3) is 7.08. The van der Waals surface area contributed by atoms with Crippen LogP contribution in [0.2, 0.25) is 0 Å². The van der Waals surface area contributed by atoms with Crippen LogP contribution in [0, 0.1) is 0 Å². The number of rotatable bonds is 9. The van der Waals surface area contributed by atoms with Crippen LogP contribution in [0.4, 0.5) is 17.1 Å². The van der Waals surface area contributed by atoms with E-state index in [4.69, 9.17) is 0 Å². The van der Waals surface area contributed by atoms with Gasteiger partial charge in [-0.15, -0.1) is 0 Å². The molecule has 0 aromatic heterocycles. The molecule has 0 heterocycles. The van der Waals surface area contributed by atoms with E-state index in [-0.39, 0.29) is 0 Å². The van der Waals surface area contributed by atoms with Crippen LogP contribution < -0.4 is 4.90 Å². The number of benzene rings is 12. The van der Waals surface area contributed by atoms with Gasteiger partial charge in [-0.05, 0) is 143 Å². The largest absolute Gasteiger partial charge is 0.310 e. The normalized spacial score (nSPS) is 13.8. The van der Waals surface area contributed by atoms with E-state index < -0.39 is 5.41 Å². The van der Waals surface area contributed by atoms with Crippen molar-refractivity contribution in [2.45, 2.75) is 12.3 Å². The Kier molecular flexibility index (Phi) is 10.4. The smallest absolute Gasteiger partial charge is 0.0540 e. The zero-order valence-corrected chi connectivity index (χ0v) is 39.5. The molecule has 71 heavy (non-hydrogen) atoms.